The lowest BCUT2D eigenvalue weighted by Gasteiger charge is -2.34. The molecule has 31 heavy (non-hydrogen) atoms. The van der Waals surface area contributed by atoms with Crippen molar-refractivity contribution in [3.63, 3.8) is 0 Å². The number of hydrogen-bond donors (Lipinski definition) is 1. The molecular formula is C23H27N5O2S. The summed E-state index contributed by atoms with van der Waals surface area (Å²) in [6, 6.07) is 13.8. The minimum atomic E-state index is -0.0117. The van der Waals surface area contributed by atoms with Gasteiger partial charge in [0.05, 0.1) is 24.0 Å². The van der Waals surface area contributed by atoms with Crippen LogP contribution in [0.4, 0.5) is 5.69 Å². The molecule has 3 heterocycles. The van der Waals surface area contributed by atoms with Gasteiger partial charge in [-0.25, -0.2) is 4.98 Å². The topological polar surface area (TPSA) is 70.0 Å². The Labute approximate surface area is 186 Å². The number of nitrogens with zero attached hydrogens (tertiary/aromatic N) is 4. The monoisotopic (exact) mass is 437 g/mol. The van der Waals surface area contributed by atoms with Gasteiger partial charge in [-0.15, -0.1) is 0 Å². The van der Waals surface area contributed by atoms with E-state index in [1.165, 1.54) is 11.8 Å². The quantitative estimate of drug-likeness (QED) is 0.576. The van der Waals surface area contributed by atoms with Crippen LogP contribution in [0.5, 0.6) is 0 Å². The predicted octanol–water partition coefficient (Wildman–Crippen LogP) is 2.77. The molecule has 2 aromatic heterocycles. The van der Waals surface area contributed by atoms with Gasteiger partial charge in [0.1, 0.15) is 0 Å². The van der Waals surface area contributed by atoms with E-state index in [0.717, 1.165) is 28.3 Å². The van der Waals surface area contributed by atoms with Gasteiger partial charge in [0.25, 0.3) is 0 Å². The number of benzene rings is 1. The van der Waals surface area contributed by atoms with E-state index in [4.69, 9.17) is 0 Å². The molecule has 0 spiro atoms. The van der Waals surface area contributed by atoms with Crippen molar-refractivity contribution in [2.24, 2.45) is 0 Å². The van der Waals surface area contributed by atoms with Gasteiger partial charge in [0.2, 0.25) is 11.8 Å². The maximum absolute atomic E-state index is 12.6. The second-order valence-electron chi connectivity index (χ2n) is 7.54. The maximum atomic E-state index is 12.6. The van der Waals surface area contributed by atoms with Crippen LogP contribution in [-0.2, 0) is 16.0 Å². The summed E-state index contributed by atoms with van der Waals surface area (Å²) >= 11 is 1.46. The summed E-state index contributed by atoms with van der Waals surface area (Å²) in [5.74, 6) is 0.462. The number of amides is 2. The molecular weight excluding hydrogens is 410 g/mol. The number of hydrogen-bond acceptors (Lipinski definition) is 5. The third-order valence-electron chi connectivity index (χ3n) is 5.49. The fraction of sp³-hybridized carbons (Fsp3) is 0.348. The van der Waals surface area contributed by atoms with Crippen LogP contribution < -0.4 is 5.32 Å². The summed E-state index contributed by atoms with van der Waals surface area (Å²) in [7, 11) is 0. The Bertz CT molecular complexity index is 1060. The van der Waals surface area contributed by atoms with E-state index in [0.29, 0.717) is 38.5 Å². The number of aryl methyl sites for hydroxylation is 1. The molecule has 2 amide bonds. The zero-order valence-corrected chi connectivity index (χ0v) is 18.5. The summed E-state index contributed by atoms with van der Waals surface area (Å²) in [6.07, 6.45) is 4.65. The van der Waals surface area contributed by atoms with E-state index >= 15 is 0 Å². The molecule has 1 saturated heterocycles. The Kier molecular flexibility index (Phi) is 6.89. The molecule has 1 aliphatic rings. The van der Waals surface area contributed by atoms with Crippen LogP contribution in [0.2, 0.25) is 0 Å². The highest BCUT2D eigenvalue weighted by Crippen LogP contribution is 2.19. The number of imidazole rings is 1. The normalized spacial score (nSPS) is 14.7. The summed E-state index contributed by atoms with van der Waals surface area (Å²) in [5.41, 5.74) is 3.03. The van der Waals surface area contributed by atoms with Gasteiger partial charge in [-0.3, -0.25) is 18.9 Å². The first-order valence-electron chi connectivity index (χ1n) is 10.6. The highest BCUT2D eigenvalue weighted by atomic mass is 32.2. The number of para-hydroxylation sites is 1. The molecule has 0 aliphatic carbocycles. The minimum absolute atomic E-state index is 0.0117. The lowest BCUT2D eigenvalue weighted by atomic mass is 10.1. The van der Waals surface area contributed by atoms with E-state index in [-0.39, 0.29) is 11.8 Å². The van der Waals surface area contributed by atoms with Gasteiger partial charge in [-0.05, 0) is 30.2 Å². The lowest BCUT2D eigenvalue weighted by Crippen LogP contribution is -2.50. The summed E-state index contributed by atoms with van der Waals surface area (Å²) in [5, 5.41) is 3.85. The molecule has 1 N–H and O–H groups in total. The van der Waals surface area contributed by atoms with Crippen molar-refractivity contribution in [3.05, 3.63) is 60.4 Å². The molecule has 3 aromatic rings. The highest BCUT2D eigenvalue weighted by Gasteiger charge is 2.23. The molecule has 8 heteroatoms. The second-order valence-corrected chi connectivity index (χ2v) is 8.48. The number of anilines is 1. The number of piperazine rings is 1. The van der Waals surface area contributed by atoms with Crippen molar-refractivity contribution >= 4 is 34.8 Å². The Morgan fingerprint density at radius 3 is 2.65 bits per heavy atom. The van der Waals surface area contributed by atoms with E-state index in [9.17, 15) is 9.59 Å². The first kappa shape index (κ1) is 21.4. The van der Waals surface area contributed by atoms with E-state index < -0.39 is 0 Å². The Hall–Kier alpha value is -2.84. The average Bonchev–Trinajstić information content (AvgIpc) is 3.21. The summed E-state index contributed by atoms with van der Waals surface area (Å²) < 4.78 is 1.99. The molecule has 0 radical (unpaired) electrons. The van der Waals surface area contributed by atoms with Crippen LogP contribution in [0, 0.1) is 0 Å². The molecule has 0 saturated carbocycles. The van der Waals surface area contributed by atoms with Crippen LogP contribution in [0.15, 0.2) is 60.0 Å². The van der Waals surface area contributed by atoms with E-state index in [2.05, 4.69) is 22.1 Å². The number of carbonyl (C=O) groups is 2. The van der Waals surface area contributed by atoms with Crippen molar-refractivity contribution in [2.75, 3.05) is 43.8 Å². The van der Waals surface area contributed by atoms with Crippen LogP contribution in [0.25, 0.3) is 5.52 Å². The number of rotatable bonds is 7. The Morgan fingerprint density at radius 1 is 1.06 bits per heavy atom. The van der Waals surface area contributed by atoms with Gasteiger partial charge in [0.15, 0.2) is 5.16 Å². The van der Waals surface area contributed by atoms with Crippen molar-refractivity contribution < 1.29 is 9.59 Å². The van der Waals surface area contributed by atoms with E-state index in [1.807, 2.05) is 64.2 Å². The van der Waals surface area contributed by atoms with Gasteiger partial charge >= 0.3 is 0 Å². The third-order valence-corrected chi connectivity index (χ3v) is 6.45. The highest BCUT2D eigenvalue weighted by molar-refractivity contribution is 7.99. The maximum Gasteiger partial charge on any atom is 0.238 e. The Morgan fingerprint density at radius 2 is 1.84 bits per heavy atom. The average molecular weight is 438 g/mol. The molecule has 162 valence electrons. The van der Waals surface area contributed by atoms with Crippen LogP contribution in [-0.4, -0.2) is 69.5 Å². The zero-order chi connectivity index (χ0) is 21.6. The number of thioether (sulfide) groups is 1. The molecule has 4 rings (SSSR count). The van der Waals surface area contributed by atoms with Gasteiger partial charge in [0, 0.05) is 38.1 Å². The fourth-order valence-electron chi connectivity index (χ4n) is 3.74. The standard InChI is InChI=1S/C23H27N5O2S/c1-2-18-7-3-4-9-20(18)25-21(29)16-26-11-13-27(14-12-26)22(30)17-31-23-24-15-19-8-5-6-10-28(19)23/h3-10,15H,2,11-14,16-17H2,1H3,(H,25,29). The van der Waals surface area contributed by atoms with Gasteiger partial charge < -0.3 is 10.2 Å². The number of pyridine rings is 1. The number of carbonyl (C=O) groups excluding carboxylic acids is 2. The van der Waals surface area contributed by atoms with E-state index in [1.54, 1.807) is 0 Å². The van der Waals surface area contributed by atoms with Crippen LogP contribution in [0.3, 0.4) is 0 Å². The SMILES string of the molecule is CCc1ccccc1NC(=O)CN1CCN(C(=O)CSc2ncc3ccccn23)CC1. The zero-order valence-electron chi connectivity index (χ0n) is 17.7. The van der Waals surface area contributed by atoms with Crippen molar-refractivity contribution in [2.45, 2.75) is 18.5 Å². The second kappa shape index (κ2) is 9.98. The molecule has 0 atom stereocenters. The molecule has 7 nitrogen and oxygen atoms in total. The first-order chi connectivity index (χ1) is 15.1. The molecule has 1 aromatic carbocycles. The van der Waals surface area contributed by atoms with Crippen molar-refractivity contribution in [1.29, 1.82) is 0 Å². The minimum Gasteiger partial charge on any atom is -0.339 e. The van der Waals surface area contributed by atoms with Crippen molar-refractivity contribution in [3.8, 4) is 0 Å². The fourth-order valence-corrected chi connectivity index (χ4v) is 4.61. The molecule has 0 unspecified atom stereocenters. The molecule has 0 bridgehead atoms. The Balaban J connectivity index is 1.22. The predicted molar refractivity (Wildman–Crippen MR) is 123 cm³/mol. The summed E-state index contributed by atoms with van der Waals surface area (Å²) in [4.78, 5) is 33.5. The number of aromatic nitrogens is 2. The molecule has 1 aliphatic heterocycles. The number of fused-ring (bicyclic) bond motifs is 1. The largest absolute Gasteiger partial charge is 0.339 e. The smallest absolute Gasteiger partial charge is 0.238 e. The first-order valence-corrected chi connectivity index (χ1v) is 11.6. The number of nitrogens with one attached hydrogen (secondary N) is 1. The van der Waals surface area contributed by atoms with Crippen LogP contribution >= 0.6 is 11.8 Å². The van der Waals surface area contributed by atoms with Crippen molar-refractivity contribution in [1.82, 2.24) is 19.2 Å². The van der Waals surface area contributed by atoms with Gasteiger partial charge in [-0.1, -0.05) is 43.0 Å². The van der Waals surface area contributed by atoms with Gasteiger partial charge in [-0.2, -0.15) is 0 Å². The van der Waals surface area contributed by atoms with Crippen LogP contribution in [0.1, 0.15) is 12.5 Å². The lowest BCUT2D eigenvalue weighted by molar-refractivity contribution is -0.130. The third kappa shape index (κ3) is 5.26. The summed E-state index contributed by atoms with van der Waals surface area (Å²) in [6.45, 7) is 5.10. The molecule has 1 fully saturated rings.